The van der Waals surface area contributed by atoms with Crippen LogP contribution in [0.1, 0.15) is 49.7 Å². The number of hydrogen-bond donors (Lipinski definition) is 1. The molecule has 3 saturated heterocycles. The van der Waals surface area contributed by atoms with Gasteiger partial charge < -0.3 is 9.80 Å². The quantitative estimate of drug-likeness (QED) is 0.638. The van der Waals surface area contributed by atoms with E-state index in [1.54, 1.807) is 12.3 Å². The molecule has 1 aromatic heterocycles. The molecule has 3 aliphatic rings. The summed E-state index contributed by atoms with van der Waals surface area (Å²) >= 11 is 0. The number of amides is 1. The zero-order chi connectivity index (χ0) is 24.6. The Labute approximate surface area is 209 Å². The summed E-state index contributed by atoms with van der Waals surface area (Å²) in [4.78, 5) is 20.2. The van der Waals surface area contributed by atoms with Gasteiger partial charge in [0.05, 0.1) is 0 Å². The maximum atomic E-state index is 13.1. The monoisotopic (exact) mass is 498 g/mol. The molecule has 1 aromatic carbocycles. The number of likely N-dealkylation sites (tertiary alicyclic amines) is 2. The van der Waals surface area contributed by atoms with Crippen LogP contribution in [0.4, 0.5) is 16.3 Å². The standard InChI is InChI=1S/C26H38N6O2S/c1-21-7-8-22(23(19-21)29-13-4-5-14-29)20-31-15-6-10-26(31)11-17-30(18-12-26)25(33)32-16-9-24(27-32)28-35(2,3)34/h7-9,16,19H,2,4-6,10-15,17-18,20H2,1,3H3,(H,27,28,34). The number of benzene rings is 1. The second-order valence-electron chi connectivity index (χ2n) is 10.6. The van der Waals surface area contributed by atoms with Crippen molar-refractivity contribution in [3.05, 3.63) is 41.6 Å². The molecule has 0 saturated carbocycles. The van der Waals surface area contributed by atoms with Gasteiger partial charge in [-0.15, -0.1) is 5.10 Å². The second kappa shape index (κ2) is 9.50. The van der Waals surface area contributed by atoms with Crippen molar-refractivity contribution < 1.29 is 9.00 Å². The lowest BCUT2D eigenvalue weighted by Gasteiger charge is -2.45. The van der Waals surface area contributed by atoms with E-state index in [-0.39, 0.29) is 11.6 Å². The molecule has 2 aromatic rings. The van der Waals surface area contributed by atoms with E-state index in [0.29, 0.717) is 5.82 Å². The molecule has 190 valence electrons. The highest BCUT2D eigenvalue weighted by Crippen LogP contribution is 2.40. The fourth-order valence-corrected chi connectivity index (χ4v) is 6.59. The van der Waals surface area contributed by atoms with Crippen LogP contribution in [0.15, 0.2) is 30.5 Å². The van der Waals surface area contributed by atoms with Gasteiger partial charge in [-0.1, -0.05) is 12.1 Å². The van der Waals surface area contributed by atoms with Crippen LogP contribution in [-0.2, 0) is 16.3 Å². The van der Waals surface area contributed by atoms with Crippen LogP contribution in [0.25, 0.3) is 0 Å². The minimum atomic E-state index is -2.43. The van der Waals surface area contributed by atoms with Gasteiger partial charge in [-0.2, -0.15) is 4.68 Å². The van der Waals surface area contributed by atoms with Crippen LogP contribution in [0.5, 0.6) is 0 Å². The predicted octanol–water partition coefficient (Wildman–Crippen LogP) is 3.56. The smallest absolute Gasteiger partial charge is 0.344 e. The fourth-order valence-electron chi connectivity index (χ4n) is 6.04. The molecule has 1 atom stereocenters. The van der Waals surface area contributed by atoms with E-state index in [1.807, 2.05) is 4.90 Å². The summed E-state index contributed by atoms with van der Waals surface area (Å²) in [5.74, 6) is 3.99. The van der Waals surface area contributed by atoms with Gasteiger partial charge in [-0.25, -0.2) is 9.00 Å². The summed E-state index contributed by atoms with van der Waals surface area (Å²) < 4.78 is 16.0. The van der Waals surface area contributed by atoms with Gasteiger partial charge in [0, 0.05) is 72.2 Å². The summed E-state index contributed by atoms with van der Waals surface area (Å²) in [5.41, 5.74) is 4.35. The van der Waals surface area contributed by atoms with Gasteiger partial charge in [-0.3, -0.25) is 9.62 Å². The number of hydrogen-bond acceptors (Lipinski definition) is 5. The van der Waals surface area contributed by atoms with Crippen molar-refractivity contribution in [2.24, 2.45) is 0 Å². The number of aromatic nitrogens is 2. The van der Waals surface area contributed by atoms with E-state index in [0.717, 1.165) is 52.1 Å². The number of rotatable bonds is 5. The zero-order valence-electron chi connectivity index (χ0n) is 21.0. The van der Waals surface area contributed by atoms with Crippen LogP contribution in [-0.4, -0.2) is 80.2 Å². The molecule has 9 heteroatoms. The second-order valence-corrected chi connectivity index (χ2v) is 12.8. The summed E-state index contributed by atoms with van der Waals surface area (Å²) in [7, 11) is -2.43. The van der Waals surface area contributed by atoms with Gasteiger partial charge >= 0.3 is 6.03 Å². The Morgan fingerprint density at radius 2 is 1.83 bits per heavy atom. The minimum Gasteiger partial charge on any atom is -0.371 e. The first-order valence-corrected chi connectivity index (χ1v) is 14.9. The number of aryl methyl sites for hydroxylation is 1. The van der Waals surface area contributed by atoms with Gasteiger partial charge in [0.1, 0.15) is 0 Å². The highest BCUT2D eigenvalue weighted by atomic mass is 32.2. The van der Waals surface area contributed by atoms with Crippen molar-refractivity contribution in [2.45, 2.75) is 57.5 Å². The molecule has 0 radical (unpaired) electrons. The Kier molecular flexibility index (Phi) is 6.57. The van der Waals surface area contributed by atoms with Crippen molar-refractivity contribution in [1.29, 1.82) is 0 Å². The van der Waals surface area contributed by atoms with E-state index in [1.165, 1.54) is 53.4 Å². The lowest BCUT2D eigenvalue weighted by atomic mass is 9.84. The molecule has 1 N–H and O–H groups in total. The van der Waals surface area contributed by atoms with Gasteiger partial charge in [0.15, 0.2) is 5.82 Å². The molecule has 8 nitrogen and oxygen atoms in total. The molecule has 0 bridgehead atoms. The van der Waals surface area contributed by atoms with Gasteiger partial charge in [0.25, 0.3) is 0 Å². The number of nitrogens with one attached hydrogen (secondary N) is 1. The average molecular weight is 499 g/mol. The minimum absolute atomic E-state index is 0.126. The topological polar surface area (TPSA) is 73.7 Å². The normalized spacial score (nSPS) is 22.0. The Bertz CT molecular complexity index is 1180. The van der Waals surface area contributed by atoms with Crippen LogP contribution >= 0.6 is 0 Å². The third kappa shape index (κ3) is 5.21. The molecule has 1 spiro atoms. The van der Waals surface area contributed by atoms with E-state index in [9.17, 15) is 9.00 Å². The molecule has 5 rings (SSSR count). The summed E-state index contributed by atoms with van der Waals surface area (Å²) in [5, 5.41) is 4.27. The molecule has 4 heterocycles. The molecule has 1 amide bonds. The maximum Gasteiger partial charge on any atom is 0.344 e. The molecule has 35 heavy (non-hydrogen) atoms. The first kappa shape index (κ1) is 24.2. The third-order valence-electron chi connectivity index (χ3n) is 7.86. The summed E-state index contributed by atoms with van der Waals surface area (Å²) in [6.45, 7) is 8.06. The van der Waals surface area contributed by atoms with E-state index in [4.69, 9.17) is 0 Å². The Morgan fingerprint density at radius 1 is 1.09 bits per heavy atom. The molecule has 1 unspecified atom stereocenters. The number of carbonyl (C=O) groups excluding carboxylic acids is 1. The molecular formula is C26H38N6O2S. The largest absolute Gasteiger partial charge is 0.371 e. The van der Waals surface area contributed by atoms with E-state index >= 15 is 0 Å². The first-order valence-electron chi connectivity index (χ1n) is 12.8. The zero-order valence-corrected chi connectivity index (χ0v) is 21.9. The van der Waals surface area contributed by atoms with Crippen molar-refractivity contribution in [3.8, 4) is 0 Å². The van der Waals surface area contributed by atoms with Crippen LogP contribution in [0.2, 0.25) is 0 Å². The van der Waals surface area contributed by atoms with E-state index in [2.05, 4.69) is 50.6 Å². The van der Waals surface area contributed by atoms with Gasteiger partial charge in [0.2, 0.25) is 0 Å². The number of nitrogens with zero attached hydrogens (tertiary/aromatic N) is 5. The average Bonchev–Trinajstić information content (AvgIpc) is 3.57. The predicted molar refractivity (Wildman–Crippen MR) is 144 cm³/mol. The third-order valence-corrected chi connectivity index (χ3v) is 8.50. The summed E-state index contributed by atoms with van der Waals surface area (Å²) in [6, 6.07) is 8.48. The Hall–Kier alpha value is -2.52. The van der Waals surface area contributed by atoms with Crippen molar-refractivity contribution in [1.82, 2.24) is 19.6 Å². The molecule has 3 fully saturated rings. The van der Waals surface area contributed by atoms with E-state index < -0.39 is 9.71 Å². The Morgan fingerprint density at radius 3 is 2.54 bits per heavy atom. The van der Waals surface area contributed by atoms with Crippen LogP contribution < -0.4 is 9.62 Å². The fraction of sp³-hybridized carbons (Fsp3) is 0.577. The summed E-state index contributed by atoms with van der Waals surface area (Å²) in [6.07, 6.45) is 10.1. The maximum absolute atomic E-state index is 13.1. The highest BCUT2D eigenvalue weighted by Gasteiger charge is 2.44. The SMILES string of the molecule is C=S(C)(=O)Nc1ccn(C(=O)N2CCC3(CCCN3Cc3ccc(C)cc3N3CCCC3)CC2)n1. The first-order chi connectivity index (χ1) is 16.7. The Balaban J connectivity index is 1.25. The van der Waals surface area contributed by atoms with Gasteiger partial charge in [-0.05, 0) is 75.1 Å². The highest BCUT2D eigenvalue weighted by molar-refractivity contribution is 8.00. The number of piperidine rings is 1. The van der Waals surface area contributed by atoms with Crippen LogP contribution in [0, 0.1) is 6.92 Å². The van der Waals surface area contributed by atoms with Crippen molar-refractivity contribution in [3.63, 3.8) is 0 Å². The van der Waals surface area contributed by atoms with Crippen molar-refractivity contribution in [2.75, 3.05) is 48.6 Å². The molecular weight excluding hydrogens is 460 g/mol. The molecule has 3 aliphatic heterocycles. The number of anilines is 2. The van der Waals surface area contributed by atoms with Crippen LogP contribution in [0.3, 0.4) is 0 Å². The van der Waals surface area contributed by atoms with Crippen molar-refractivity contribution >= 4 is 33.1 Å². The lowest BCUT2D eigenvalue weighted by molar-refractivity contribution is 0.0586. The number of carbonyl (C=O) groups is 1. The molecule has 0 aliphatic carbocycles. The lowest BCUT2D eigenvalue weighted by Crippen LogP contribution is -2.53.